The minimum absolute atomic E-state index is 0.0608. The van der Waals surface area contributed by atoms with E-state index in [0.717, 1.165) is 24.1 Å². The fourth-order valence-corrected chi connectivity index (χ4v) is 2.92. The van der Waals surface area contributed by atoms with E-state index in [9.17, 15) is 18.4 Å². The molecule has 0 fully saturated rings. The summed E-state index contributed by atoms with van der Waals surface area (Å²) in [5, 5.41) is 2.50. The largest absolute Gasteiger partial charge is 0.351 e. The summed E-state index contributed by atoms with van der Waals surface area (Å²) >= 11 is 0. The maximum atomic E-state index is 13.5. The van der Waals surface area contributed by atoms with Crippen molar-refractivity contribution in [3.8, 4) is 0 Å². The summed E-state index contributed by atoms with van der Waals surface area (Å²) in [6, 6.07) is 10.8. The predicted molar refractivity (Wildman–Crippen MR) is 88.9 cm³/mol. The number of nitrogens with zero attached hydrogens (tertiary/aromatic N) is 1. The highest BCUT2D eigenvalue weighted by atomic mass is 19.1. The first-order valence-electron chi connectivity index (χ1n) is 8.12. The molecule has 4 nitrogen and oxygen atoms in total. The van der Waals surface area contributed by atoms with Crippen LogP contribution < -0.4 is 5.32 Å². The average molecular weight is 344 g/mol. The third-order valence-electron chi connectivity index (χ3n) is 4.28. The van der Waals surface area contributed by atoms with Crippen molar-refractivity contribution in [2.75, 3.05) is 13.1 Å². The molecule has 0 unspecified atom stereocenters. The Morgan fingerprint density at radius 3 is 2.60 bits per heavy atom. The Morgan fingerprint density at radius 1 is 1.08 bits per heavy atom. The number of fused-ring (bicyclic) bond motifs is 1. The molecule has 1 heterocycles. The second-order valence-corrected chi connectivity index (χ2v) is 5.96. The van der Waals surface area contributed by atoms with Crippen molar-refractivity contribution in [1.82, 2.24) is 10.2 Å². The highest BCUT2D eigenvalue weighted by molar-refractivity contribution is 5.94. The number of carbonyl (C=O) groups is 2. The standard InChI is InChI=1S/C19H18F2N2O2/c20-15-5-6-16(17(21)11-15)19(25)22-9-7-18(24)23-10-8-13-3-1-2-4-14(13)12-23/h1-6,11H,7-10,12H2,(H,22,25). The molecular formula is C19H18F2N2O2. The van der Waals surface area contributed by atoms with E-state index in [2.05, 4.69) is 11.4 Å². The molecule has 2 aromatic carbocycles. The summed E-state index contributed by atoms with van der Waals surface area (Å²) in [5.74, 6) is -2.38. The van der Waals surface area contributed by atoms with Crippen molar-refractivity contribution in [3.05, 3.63) is 70.8 Å². The molecule has 0 saturated heterocycles. The van der Waals surface area contributed by atoms with E-state index in [0.29, 0.717) is 19.2 Å². The molecular weight excluding hydrogens is 326 g/mol. The predicted octanol–water partition coefficient (Wildman–Crippen LogP) is 2.67. The summed E-state index contributed by atoms with van der Waals surface area (Å²) < 4.78 is 26.4. The van der Waals surface area contributed by atoms with E-state index < -0.39 is 17.5 Å². The molecule has 0 aromatic heterocycles. The van der Waals surface area contributed by atoms with Gasteiger partial charge in [0.15, 0.2) is 0 Å². The molecule has 0 aliphatic carbocycles. The number of halogens is 2. The van der Waals surface area contributed by atoms with Crippen molar-refractivity contribution in [3.63, 3.8) is 0 Å². The van der Waals surface area contributed by atoms with E-state index in [1.807, 2.05) is 18.2 Å². The lowest BCUT2D eigenvalue weighted by Gasteiger charge is -2.29. The van der Waals surface area contributed by atoms with Crippen LogP contribution in [0.2, 0.25) is 0 Å². The molecule has 2 aromatic rings. The van der Waals surface area contributed by atoms with Crippen LogP contribution in [0.15, 0.2) is 42.5 Å². The first-order chi connectivity index (χ1) is 12.0. The van der Waals surface area contributed by atoms with Crippen LogP contribution in [-0.4, -0.2) is 29.8 Å². The Kier molecular flexibility index (Phi) is 5.07. The zero-order valence-corrected chi connectivity index (χ0v) is 13.6. The van der Waals surface area contributed by atoms with Crippen molar-refractivity contribution in [2.24, 2.45) is 0 Å². The number of benzene rings is 2. The molecule has 1 N–H and O–H groups in total. The average Bonchev–Trinajstić information content (AvgIpc) is 2.61. The van der Waals surface area contributed by atoms with Crippen molar-refractivity contribution >= 4 is 11.8 Å². The highest BCUT2D eigenvalue weighted by Crippen LogP contribution is 2.18. The van der Waals surface area contributed by atoms with E-state index in [1.165, 1.54) is 5.56 Å². The molecule has 0 saturated carbocycles. The monoisotopic (exact) mass is 344 g/mol. The molecule has 1 aliphatic rings. The highest BCUT2D eigenvalue weighted by Gasteiger charge is 2.20. The number of carbonyl (C=O) groups excluding carboxylic acids is 2. The zero-order chi connectivity index (χ0) is 17.8. The third-order valence-corrected chi connectivity index (χ3v) is 4.28. The minimum Gasteiger partial charge on any atom is -0.351 e. The molecule has 25 heavy (non-hydrogen) atoms. The van der Waals surface area contributed by atoms with Crippen LogP contribution in [0.1, 0.15) is 27.9 Å². The van der Waals surface area contributed by atoms with Crippen LogP contribution in [0.3, 0.4) is 0 Å². The Labute approximate surface area is 144 Å². The van der Waals surface area contributed by atoms with Gasteiger partial charge in [0, 0.05) is 32.1 Å². The van der Waals surface area contributed by atoms with Crippen LogP contribution in [-0.2, 0) is 17.8 Å². The summed E-state index contributed by atoms with van der Waals surface area (Å²) in [4.78, 5) is 25.9. The van der Waals surface area contributed by atoms with Gasteiger partial charge in [-0.25, -0.2) is 8.78 Å². The first kappa shape index (κ1) is 17.1. The topological polar surface area (TPSA) is 49.4 Å². The van der Waals surface area contributed by atoms with Crippen molar-refractivity contribution in [1.29, 1.82) is 0 Å². The fourth-order valence-electron chi connectivity index (χ4n) is 2.92. The van der Waals surface area contributed by atoms with Gasteiger partial charge >= 0.3 is 0 Å². The summed E-state index contributed by atoms with van der Waals surface area (Å²) in [5.41, 5.74) is 2.16. The Morgan fingerprint density at radius 2 is 1.84 bits per heavy atom. The molecule has 0 radical (unpaired) electrons. The maximum Gasteiger partial charge on any atom is 0.254 e. The van der Waals surface area contributed by atoms with Gasteiger partial charge < -0.3 is 10.2 Å². The van der Waals surface area contributed by atoms with Crippen LogP contribution >= 0.6 is 0 Å². The van der Waals surface area contributed by atoms with Crippen LogP contribution in [0, 0.1) is 11.6 Å². The minimum atomic E-state index is -0.920. The normalized spacial score (nSPS) is 13.3. The van der Waals surface area contributed by atoms with Gasteiger partial charge in [0.1, 0.15) is 11.6 Å². The Hall–Kier alpha value is -2.76. The van der Waals surface area contributed by atoms with Crippen LogP contribution in [0.4, 0.5) is 8.78 Å². The number of amides is 2. The second kappa shape index (κ2) is 7.42. The fraction of sp³-hybridized carbons (Fsp3) is 0.263. The van der Waals surface area contributed by atoms with Gasteiger partial charge in [-0.05, 0) is 29.7 Å². The molecule has 0 bridgehead atoms. The number of hydrogen-bond donors (Lipinski definition) is 1. The first-order valence-corrected chi connectivity index (χ1v) is 8.12. The van der Waals surface area contributed by atoms with Crippen molar-refractivity contribution < 1.29 is 18.4 Å². The van der Waals surface area contributed by atoms with E-state index >= 15 is 0 Å². The van der Waals surface area contributed by atoms with Gasteiger partial charge in [-0.1, -0.05) is 24.3 Å². The smallest absolute Gasteiger partial charge is 0.254 e. The van der Waals surface area contributed by atoms with Gasteiger partial charge in [0.25, 0.3) is 5.91 Å². The third kappa shape index (κ3) is 4.02. The molecule has 0 spiro atoms. The van der Waals surface area contributed by atoms with Crippen LogP contribution in [0.5, 0.6) is 0 Å². The van der Waals surface area contributed by atoms with Gasteiger partial charge in [0.2, 0.25) is 5.91 Å². The second-order valence-electron chi connectivity index (χ2n) is 5.96. The number of nitrogens with one attached hydrogen (secondary N) is 1. The number of hydrogen-bond acceptors (Lipinski definition) is 2. The lowest BCUT2D eigenvalue weighted by molar-refractivity contribution is -0.131. The van der Waals surface area contributed by atoms with Gasteiger partial charge in [-0.3, -0.25) is 9.59 Å². The maximum absolute atomic E-state index is 13.5. The van der Waals surface area contributed by atoms with Gasteiger partial charge in [-0.15, -0.1) is 0 Å². The molecule has 130 valence electrons. The molecule has 2 amide bonds. The van der Waals surface area contributed by atoms with Gasteiger partial charge in [0.05, 0.1) is 5.56 Å². The van der Waals surface area contributed by atoms with E-state index in [4.69, 9.17) is 0 Å². The quantitative estimate of drug-likeness (QED) is 0.927. The van der Waals surface area contributed by atoms with E-state index in [-0.39, 0.29) is 24.4 Å². The summed E-state index contributed by atoms with van der Waals surface area (Å²) in [6.45, 7) is 1.32. The summed E-state index contributed by atoms with van der Waals surface area (Å²) in [7, 11) is 0. The Bertz CT molecular complexity index is 808. The van der Waals surface area contributed by atoms with Gasteiger partial charge in [-0.2, -0.15) is 0 Å². The van der Waals surface area contributed by atoms with Crippen LogP contribution in [0.25, 0.3) is 0 Å². The molecule has 1 aliphatic heterocycles. The summed E-state index contributed by atoms with van der Waals surface area (Å²) in [6.07, 6.45) is 0.950. The Balaban J connectivity index is 1.51. The lowest BCUT2D eigenvalue weighted by Crippen LogP contribution is -2.38. The zero-order valence-electron chi connectivity index (χ0n) is 13.6. The molecule has 3 rings (SSSR count). The molecule has 0 atom stereocenters. The number of rotatable bonds is 4. The molecule has 6 heteroatoms. The van der Waals surface area contributed by atoms with E-state index in [1.54, 1.807) is 4.90 Å². The lowest BCUT2D eigenvalue weighted by atomic mass is 10.00. The SMILES string of the molecule is O=C(NCCC(=O)N1CCc2ccccc2C1)c1ccc(F)cc1F. The van der Waals surface area contributed by atoms with Crippen molar-refractivity contribution in [2.45, 2.75) is 19.4 Å².